The Morgan fingerprint density at radius 3 is 3.00 bits per heavy atom. The predicted molar refractivity (Wildman–Crippen MR) is 77.7 cm³/mol. The molecule has 4 nitrogen and oxygen atoms in total. The zero-order chi connectivity index (χ0) is 13.7. The van der Waals surface area contributed by atoms with Gasteiger partial charge < -0.3 is 5.32 Å². The zero-order valence-corrected chi connectivity index (χ0v) is 12.2. The van der Waals surface area contributed by atoms with Crippen molar-refractivity contribution < 1.29 is 4.79 Å². The summed E-state index contributed by atoms with van der Waals surface area (Å²) in [5.74, 6) is -0.0145. The number of benzene rings is 1. The minimum atomic E-state index is -0.166. The SMILES string of the molecule is N#CCN(C(=O)[C@H]1CCCCN1)c1cccc(Br)c1. The quantitative estimate of drug-likeness (QED) is 0.870. The number of amides is 1. The molecule has 0 unspecified atom stereocenters. The number of nitrogens with zero attached hydrogens (tertiary/aromatic N) is 2. The Kier molecular flexibility index (Phi) is 4.94. The van der Waals surface area contributed by atoms with E-state index < -0.39 is 0 Å². The highest BCUT2D eigenvalue weighted by atomic mass is 79.9. The molecule has 1 aromatic rings. The number of rotatable bonds is 3. The minimum Gasteiger partial charge on any atom is -0.306 e. The summed E-state index contributed by atoms with van der Waals surface area (Å²) in [7, 11) is 0. The van der Waals surface area contributed by atoms with Gasteiger partial charge in [-0.15, -0.1) is 0 Å². The summed E-state index contributed by atoms with van der Waals surface area (Å²) in [5, 5.41) is 12.2. The normalized spacial score (nSPS) is 18.6. The molecule has 0 radical (unpaired) electrons. The number of hydrogen-bond acceptors (Lipinski definition) is 3. The highest BCUT2D eigenvalue weighted by molar-refractivity contribution is 9.10. The van der Waals surface area contributed by atoms with E-state index in [9.17, 15) is 4.79 Å². The Bertz CT molecular complexity index is 492. The number of anilines is 1. The molecule has 1 aromatic carbocycles. The first-order valence-corrected chi connectivity index (χ1v) is 7.19. The second-order valence-electron chi connectivity index (χ2n) is 4.56. The molecular formula is C14H16BrN3O. The second-order valence-corrected chi connectivity index (χ2v) is 5.48. The number of carbonyl (C=O) groups excluding carboxylic acids is 1. The van der Waals surface area contributed by atoms with Crippen molar-refractivity contribution in [3.8, 4) is 6.07 Å². The Balaban J connectivity index is 2.19. The van der Waals surface area contributed by atoms with Gasteiger partial charge in [-0.25, -0.2) is 0 Å². The smallest absolute Gasteiger partial charge is 0.245 e. The molecule has 0 saturated carbocycles. The molecule has 1 atom stereocenters. The molecular weight excluding hydrogens is 306 g/mol. The molecule has 100 valence electrons. The van der Waals surface area contributed by atoms with Crippen LogP contribution in [0.5, 0.6) is 0 Å². The fraction of sp³-hybridized carbons (Fsp3) is 0.429. The van der Waals surface area contributed by atoms with Crippen LogP contribution in [-0.2, 0) is 4.79 Å². The number of piperidine rings is 1. The second kappa shape index (κ2) is 6.69. The number of carbonyl (C=O) groups is 1. The molecule has 1 N–H and O–H groups in total. The Morgan fingerprint density at radius 2 is 2.37 bits per heavy atom. The summed E-state index contributed by atoms with van der Waals surface area (Å²) in [4.78, 5) is 14.0. The predicted octanol–water partition coefficient (Wildman–Crippen LogP) is 2.45. The summed E-state index contributed by atoms with van der Waals surface area (Å²) in [5.41, 5.74) is 0.758. The van der Waals surface area contributed by atoms with E-state index in [-0.39, 0.29) is 18.5 Å². The van der Waals surface area contributed by atoms with E-state index in [4.69, 9.17) is 5.26 Å². The third kappa shape index (κ3) is 3.55. The van der Waals surface area contributed by atoms with Crippen molar-refractivity contribution in [3.05, 3.63) is 28.7 Å². The van der Waals surface area contributed by atoms with Crippen molar-refractivity contribution in [2.75, 3.05) is 18.0 Å². The molecule has 5 heteroatoms. The lowest BCUT2D eigenvalue weighted by molar-refractivity contribution is -0.121. The van der Waals surface area contributed by atoms with E-state index in [0.29, 0.717) is 0 Å². The van der Waals surface area contributed by atoms with Gasteiger partial charge >= 0.3 is 0 Å². The van der Waals surface area contributed by atoms with Crippen LogP contribution in [0.3, 0.4) is 0 Å². The van der Waals surface area contributed by atoms with Gasteiger partial charge in [0.1, 0.15) is 6.54 Å². The first-order chi connectivity index (χ1) is 9.22. The summed E-state index contributed by atoms with van der Waals surface area (Å²) in [6.07, 6.45) is 3.01. The molecule has 19 heavy (non-hydrogen) atoms. The van der Waals surface area contributed by atoms with Gasteiger partial charge in [-0.05, 0) is 37.6 Å². The lowest BCUT2D eigenvalue weighted by Crippen LogP contribution is -2.48. The topological polar surface area (TPSA) is 56.1 Å². The fourth-order valence-corrected chi connectivity index (χ4v) is 2.65. The average Bonchev–Trinajstić information content (AvgIpc) is 2.45. The van der Waals surface area contributed by atoms with Crippen molar-refractivity contribution >= 4 is 27.5 Å². The Labute approximate surface area is 121 Å². The van der Waals surface area contributed by atoms with Crippen molar-refractivity contribution in [3.63, 3.8) is 0 Å². The molecule has 1 fully saturated rings. The molecule has 1 aliphatic heterocycles. The average molecular weight is 322 g/mol. The number of nitriles is 1. The number of nitrogens with one attached hydrogen (secondary N) is 1. The van der Waals surface area contributed by atoms with Crippen LogP contribution in [0.25, 0.3) is 0 Å². The van der Waals surface area contributed by atoms with Crippen LogP contribution >= 0.6 is 15.9 Å². The first-order valence-electron chi connectivity index (χ1n) is 6.39. The third-order valence-electron chi connectivity index (χ3n) is 3.22. The van der Waals surface area contributed by atoms with Gasteiger partial charge in [0, 0.05) is 10.2 Å². The molecule has 2 rings (SSSR count). The van der Waals surface area contributed by atoms with Crippen LogP contribution in [0.4, 0.5) is 5.69 Å². The van der Waals surface area contributed by atoms with Gasteiger partial charge in [-0.3, -0.25) is 9.69 Å². The Hall–Kier alpha value is -1.38. The lowest BCUT2D eigenvalue weighted by atomic mass is 10.0. The molecule has 0 bridgehead atoms. The van der Waals surface area contributed by atoms with E-state index in [0.717, 1.165) is 36.0 Å². The maximum Gasteiger partial charge on any atom is 0.245 e. The number of hydrogen-bond donors (Lipinski definition) is 1. The van der Waals surface area contributed by atoms with Crippen LogP contribution < -0.4 is 10.2 Å². The van der Waals surface area contributed by atoms with Crippen LogP contribution in [0.15, 0.2) is 28.7 Å². The largest absolute Gasteiger partial charge is 0.306 e. The summed E-state index contributed by atoms with van der Waals surface area (Å²) in [6, 6.07) is 9.38. The zero-order valence-electron chi connectivity index (χ0n) is 10.6. The Morgan fingerprint density at radius 1 is 1.53 bits per heavy atom. The van der Waals surface area contributed by atoms with Gasteiger partial charge in [0.2, 0.25) is 5.91 Å². The van der Waals surface area contributed by atoms with Gasteiger partial charge in [-0.2, -0.15) is 5.26 Å². The monoisotopic (exact) mass is 321 g/mol. The third-order valence-corrected chi connectivity index (χ3v) is 3.72. The minimum absolute atomic E-state index is 0.0145. The van der Waals surface area contributed by atoms with Crippen molar-refractivity contribution in [1.29, 1.82) is 5.26 Å². The van der Waals surface area contributed by atoms with Crippen molar-refractivity contribution in [2.24, 2.45) is 0 Å². The summed E-state index contributed by atoms with van der Waals surface area (Å²) >= 11 is 3.39. The molecule has 0 spiro atoms. The molecule has 1 heterocycles. The number of halogens is 1. The van der Waals surface area contributed by atoms with E-state index in [1.54, 1.807) is 4.90 Å². The van der Waals surface area contributed by atoms with Crippen molar-refractivity contribution in [1.82, 2.24) is 5.32 Å². The van der Waals surface area contributed by atoms with E-state index >= 15 is 0 Å². The summed E-state index contributed by atoms with van der Waals surface area (Å²) < 4.78 is 0.900. The molecule has 1 saturated heterocycles. The highest BCUT2D eigenvalue weighted by Crippen LogP contribution is 2.21. The van der Waals surface area contributed by atoms with Gasteiger partial charge in [0.15, 0.2) is 0 Å². The van der Waals surface area contributed by atoms with E-state index in [2.05, 4.69) is 27.3 Å². The lowest BCUT2D eigenvalue weighted by Gasteiger charge is -2.28. The molecule has 1 aliphatic rings. The van der Waals surface area contributed by atoms with Crippen molar-refractivity contribution in [2.45, 2.75) is 25.3 Å². The van der Waals surface area contributed by atoms with E-state index in [1.807, 2.05) is 24.3 Å². The molecule has 0 aliphatic carbocycles. The van der Waals surface area contributed by atoms with Crippen LogP contribution in [0.1, 0.15) is 19.3 Å². The fourth-order valence-electron chi connectivity index (χ4n) is 2.26. The van der Waals surface area contributed by atoms with Gasteiger partial charge in [-0.1, -0.05) is 28.4 Å². The van der Waals surface area contributed by atoms with Gasteiger partial charge in [0.05, 0.1) is 12.1 Å². The van der Waals surface area contributed by atoms with E-state index in [1.165, 1.54) is 0 Å². The standard InChI is InChI=1S/C14H16BrN3O/c15-11-4-3-5-12(10-11)18(9-7-16)14(19)13-6-1-2-8-17-13/h3-5,10,13,17H,1-2,6,8-9H2/t13-/m1/s1. The summed E-state index contributed by atoms with van der Waals surface area (Å²) in [6.45, 7) is 0.947. The molecule has 1 amide bonds. The van der Waals surface area contributed by atoms with Crippen LogP contribution in [0, 0.1) is 11.3 Å². The highest BCUT2D eigenvalue weighted by Gasteiger charge is 2.26. The van der Waals surface area contributed by atoms with Crippen LogP contribution in [-0.4, -0.2) is 25.0 Å². The van der Waals surface area contributed by atoms with Crippen LogP contribution in [0.2, 0.25) is 0 Å². The molecule has 0 aromatic heterocycles. The maximum absolute atomic E-state index is 12.5. The van der Waals surface area contributed by atoms with Gasteiger partial charge in [0.25, 0.3) is 0 Å². The first kappa shape index (κ1) is 14.0. The maximum atomic E-state index is 12.5.